The summed E-state index contributed by atoms with van der Waals surface area (Å²) in [5.74, 6) is 0.565. The van der Waals surface area contributed by atoms with Crippen LogP contribution in [0.3, 0.4) is 0 Å². The second kappa shape index (κ2) is 3.97. The Labute approximate surface area is 123 Å². The van der Waals surface area contributed by atoms with Gasteiger partial charge >= 0.3 is 0 Å². The van der Waals surface area contributed by atoms with Crippen molar-refractivity contribution in [2.24, 2.45) is 23.2 Å². The molecule has 1 saturated heterocycles. The van der Waals surface area contributed by atoms with E-state index in [2.05, 4.69) is 12.2 Å². The maximum Gasteiger partial charge on any atom is 0.241 e. The number of allylic oxidation sites excluding steroid dienone is 2. The molecule has 1 aromatic carbocycles. The van der Waals surface area contributed by atoms with Crippen molar-refractivity contribution in [3.8, 4) is 5.75 Å². The molecular formula is C17H17NO3. The molecule has 1 aromatic rings. The predicted octanol–water partition coefficient (Wildman–Crippen LogP) is 2.40. The standard InChI is InChI=1S/C17H17NO3/c1-17-11-8-7-10(9-11)14(17)15(19)18(16(17)20)12-5-3-4-6-13(12)21-2/h3-8,10-11,14H,9H2,1-2H3/t10-,11-,14+,17-/m0/s1. The first-order valence-electron chi connectivity index (χ1n) is 7.28. The van der Waals surface area contributed by atoms with Crippen LogP contribution in [0.4, 0.5) is 5.69 Å². The summed E-state index contributed by atoms with van der Waals surface area (Å²) in [7, 11) is 1.55. The Morgan fingerprint density at radius 2 is 2.00 bits per heavy atom. The molecule has 108 valence electrons. The van der Waals surface area contributed by atoms with Gasteiger partial charge in [-0.15, -0.1) is 0 Å². The molecule has 0 unspecified atom stereocenters. The quantitative estimate of drug-likeness (QED) is 0.618. The van der Waals surface area contributed by atoms with E-state index >= 15 is 0 Å². The van der Waals surface area contributed by atoms with E-state index in [-0.39, 0.29) is 29.6 Å². The van der Waals surface area contributed by atoms with Gasteiger partial charge in [0.2, 0.25) is 11.8 Å². The molecule has 4 heteroatoms. The number of fused-ring (bicyclic) bond motifs is 5. The molecule has 0 N–H and O–H groups in total. The van der Waals surface area contributed by atoms with Gasteiger partial charge in [-0.3, -0.25) is 9.59 Å². The fourth-order valence-electron chi connectivity index (χ4n) is 4.35. The third kappa shape index (κ3) is 1.35. The number of carbonyl (C=O) groups is 2. The smallest absolute Gasteiger partial charge is 0.241 e. The number of hydrogen-bond donors (Lipinski definition) is 0. The lowest BCUT2D eigenvalue weighted by molar-refractivity contribution is -0.127. The van der Waals surface area contributed by atoms with Gasteiger partial charge in [-0.2, -0.15) is 0 Å². The number of anilines is 1. The molecule has 21 heavy (non-hydrogen) atoms. The van der Waals surface area contributed by atoms with Gasteiger partial charge in [0.25, 0.3) is 0 Å². The van der Waals surface area contributed by atoms with Crippen molar-refractivity contribution in [2.45, 2.75) is 13.3 Å². The van der Waals surface area contributed by atoms with Crippen LogP contribution in [0.15, 0.2) is 36.4 Å². The normalized spacial score (nSPS) is 36.5. The highest BCUT2D eigenvalue weighted by Crippen LogP contribution is 2.61. The molecule has 1 aliphatic heterocycles. The largest absolute Gasteiger partial charge is 0.495 e. The van der Waals surface area contributed by atoms with Gasteiger partial charge in [-0.1, -0.05) is 24.3 Å². The van der Waals surface area contributed by atoms with Gasteiger partial charge in [0, 0.05) is 0 Å². The molecule has 2 bridgehead atoms. The van der Waals surface area contributed by atoms with Crippen molar-refractivity contribution < 1.29 is 14.3 Å². The maximum atomic E-state index is 13.0. The SMILES string of the molecule is COc1ccccc1N1C(=O)[C@H]2[C@H]3C=C[C@@H](C3)[C@]2(C)C1=O. The number of hydrogen-bond acceptors (Lipinski definition) is 3. The van der Waals surface area contributed by atoms with Crippen molar-refractivity contribution in [1.29, 1.82) is 0 Å². The molecule has 1 saturated carbocycles. The van der Waals surface area contributed by atoms with Crippen molar-refractivity contribution >= 4 is 17.5 Å². The lowest BCUT2D eigenvalue weighted by atomic mass is 9.71. The molecule has 3 aliphatic rings. The molecular weight excluding hydrogens is 266 g/mol. The first-order chi connectivity index (χ1) is 10.1. The number of benzene rings is 1. The van der Waals surface area contributed by atoms with Crippen molar-refractivity contribution in [3.05, 3.63) is 36.4 Å². The predicted molar refractivity (Wildman–Crippen MR) is 77.8 cm³/mol. The van der Waals surface area contributed by atoms with Gasteiger partial charge in [-0.05, 0) is 37.3 Å². The number of para-hydroxylation sites is 2. The summed E-state index contributed by atoms with van der Waals surface area (Å²) in [6, 6.07) is 7.20. The number of carbonyl (C=O) groups excluding carboxylic acids is 2. The number of rotatable bonds is 2. The number of imide groups is 1. The average molecular weight is 283 g/mol. The number of amides is 2. The molecule has 1 heterocycles. The average Bonchev–Trinajstić information content (AvgIpc) is 3.12. The minimum atomic E-state index is -0.586. The first kappa shape index (κ1) is 12.6. The van der Waals surface area contributed by atoms with Crippen molar-refractivity contribution in [3.63, 3.8) is 0 Å². The molecule has 2 fully saturated rings. The monoisotopic (exact) mass is 283 g/mol. The topological polar surface area (TPSA) is 46.6 Å². The van der Waals surface area contributed by atoms with E-state index in [1.165, 1.54) is 4.90 Å². The van der Waals surface area contributed by atoms with Gasteiger partial charge in [-0.25, -0.2) is 4.90 Å². The van der Waals surface area contributed by atoms with Crippen LogP contribution in [0.2, 0.25) is 0 Å². The summed E-state index contributed by atoms with van der Waals surface area (Å²) in [6.07, 6.45) is 5.14. The lowest BCUT2D eigenvalue weighted by Crippen LogP contribution is -2.37. The molecule has 0 aromatic heterocycles. The van der Waals surface area contributed by atoms with Crippen LogP contribution >= 0.6 is 0 Å². The van der Waals surface area contributed by atoms with Crippen LogP contribution in [0, 0.1) is 23.2 Å². The zero-order chi connectivity index (χ0) is 14.8. The number of methoxy groups -OCH3 is 1. The molecule has 4 rings (SSSR count). The van der Waals surface area contributed by atoms with E-state index < -0.39 is 5.41 Å². The molecule has 0 radical (unpaired) electrons. The highest BCUT2D eigenvalue weighted by Gasteiger charge is 2.67. The summed E-state index contributed by atoms with van der Waals surface area (Å²) in [4.78, 5) is 27.2. The number of ether oxygens (including phenoxy) is 1. The first-order valence-corrected chi connectivity index (χ1v) is 7.28. The zero-order valence-corrected chi connectivity index (χ0v) is 12.1. The minimum Gasteiger partial charge on any atom is -0.495 e. The van der Waals surface area contributed by atoms with Crippen molar-refractivity contribution in [1.82, 2.24) is 0 Å². The Kier molecular flexibility index (Phi) is 2.39. The van der Waals surface area contributed by atoms with Gasteiger partial charge in [0.1, 0.15) is 5.75 Å². The van der Waals surface area contributed by atoms with Crippen LogP contribution in [0.1, 0.15) is 13.3 Å². The molecule has 4 atom stereocenters. The minimum absolute atomic E-state index is 0.0798. The van der Waals surface area contributed by atoms with E-state index in [0.29, 0.717) is 11.4 Å². The second-order valence-corrected chi connectivity index (χ2v) is 6.30. The van der Waals surface area contributed by atoms with E-state index in [0.717, 1.165) is 6.42 Å². The molecule has 0 spiro atoms. The Balaban J connectivity index is 1.83. The molecule has 2 aliphatic carbocycles. The summed E-state index contributed by atoms with van der Waals surface area (Å²) in [6.45, 7) is 1.95. The zero-order valence-electron chi connectivity index (χ0n) is 12.1. The highest BCUT2D eigenvalue weighted by atomic mass is 16.5. The van der Waals surface area contributed by atoms with Crippen LogP contribution in [0.25, 0.3) is 0 Å². The Bertz CT molecular complexity index is 680. The third-order valence-corrected chi connectivity index (χ3v) is 5.44. The van der Waals surface area contributed by atoms with Gasteiger partial charge in [0.05, 0.1) is 24.1 Å². The van der Waals surface area contributed by atoms with Gasteiger partial charge < -0.3 is 4.74 Å². The van der Waals surface area contributed by atoms with Gasteiger partial charge in [0.15, 0.2) is 0 Å². The summed E-state index contributed by atoms with van der Waals surface area (Å²) in [5, 5.41) is 0. The third-order valence-electron chi connectivity index (χ3n) is 5.44. The highest BCUT2D eigenvalue weighted by molar-refractivity contribution is 6.25. The summed E-state index contributed by atoms with van der Waals surface area (Å²) in [5.41, 5.74) is -0.0258. The van der Waals surface area contributed by atoms with E-state index in [4.69, 9.17) is 4.74 Å². The molecule has 2 amide bonds. The summed E-state index contributed by atoms with van der Waals surface area (Å²) < 4.78 is 5.32. The van der Waals surface area contributed by atoms with Crippen LogP contribution < -0.4 is 9.64 Å². The fraction of sp³-hybridized carbons (Fsp3) is 0.412. The second-order valence-electron chi connectivity index (χ2n) is 6.30. The van der Waals surface area contributed by atoms with E-state index in [9.17, 15) is 9.59 Å². The Morgan fingerprint density at radius 1 is 1.24 bits per heavy atom. The lowest BCUT2D eigenvalue weighted by Gasteiger charge is -2.28. The van der Waals surface area contributed by atoms with E-state index in [1.807, 2.05) is 19.1 Å². The van der Waals surface area contributed by atoms with Crippen LogP contribution in [0.5, 0.6) is 5.75 Å². The number of nitrogens with zero attached hydrogens (tertiary/aromatic N) is 1. The molecule has 4 nitrogen and oxygen atoms in total. The van der Waals surface area contributed by atoms with Crippen LogP contribution in [-0.4, -0.2) is 18.9 Å². The summed E-state index contributed by atoms with van der Waals surface area (Å²) >= 11 is 0. The maximum absolute atomic E-state index is 13.0. The van der Waals surface area contributed by atoms with Crippen molar-refractivity contribution in [2.75, 3.05) is 12.0 Å². The Morgan fingerprint density at radius 3 is 2.71 bits per heavy atom. The fourth-order valence-corrected chi connectivity index (χ4v) is 4.35. The van der Waals surface area contributed by atoms with E-state index in [1.54, 1.807) is 19.2 Å². The van der Waals surface area contributed by atoms with Crippen LogP contribution in [-0.2, 0) is 9.59 Å². The Hall–Kier alpha value is -2.10.